The van der Waals surface area contributed by atoms with Gasteiger partial charge in [-0.25, -0.2) is 14.5 Å². The predicted molar refractivity (Wildman–Crippen MR) is 86.6 cm³/mol. The zero-order valence-corrected chi connectivity index (χ0v) is 13.6. The lowest BCUT2D eigenvalue weighted by Gasteiger charge is -2.33. The van der Waals surface area contributed by atoms with Crippen LogP contribution < -0.4 is 10.6 Å². The average Bonchev–Trinajstić information content (AvgIpc) is 2.83. The molecule has 1 saturated heterocycles. The second-order valence-corrected chi connectivity index (χ2v) is 6.01. The van der Waals surface area contributed by atoms with E-state index in [4.69, 9.17) is 11.6 Å². The minimum absolute atomic E-state index is 0.0505. The van der Waals surface area contributed by atoms with Gasteiger partial charge in [-0.05, 0) is 31.9 Å². The number of pyridine rings is 1. The molecule has 0 aliphatic carbocycles. The first-order valence-electron chi connectivity index (χ1n) is 7.61. The Morgan fingerprint density at radius 1 is 1.45 bits per heavy atom. The van der Waals surface area contributed by atoms with Gasteiger partial charge in [0.2, 0.25) is 0 Å². The third kappa shape index (κ3) is 2.63. The monoisotopic (exact) mass is 321 g/mol. The van der Waals surface area contributed by atoms with Gasteiger partial charge in [-0.15, -0.1) is 0 Å². The maximum Gasteiger partial charge on any atom is 0.345 e. The van der Waals surface area contributed by atoms with Crippen LogP contribution in [-0.4, -0.2) is 32.4 Å². The minimum atomic E-state index is -0.0505. The van der Waals surface area contributed by atoms with E-state index in [1.54, 1.807) is 17.8 Å². The number of aryl methyl sites for hydroxylation is 1. The standard InChI is InChI=1S/C15H20ClN5O/c1-3-21-13(18-19(2)15(21)22)11-6-5-9-20(10-11)14-12(16)7-4-8-17-14/h4,7-8,11H,3,5-6,9-10H2,1-2H3. The summed E-state index contributed by atoms with van der Waals surface area (Å²) in [5.41, 5.74) is -0.0505. The number of piperidine rings is 1. The van der Waals surface area contributed by atoms with Gasteiger partial charge in [0.1, 0.15) is 11.6 Å². The molecule has 0 N–H and O–H groups in total. The van der Waals surface area contributed by atoms with Crippen LogP contribution in [0.25, 0.3) is 0 Å². The molecule has 2 aromatic rings. The highest BCUT2D eigenvalue weighted by molar-refractivity contribution is 6.32. The molecule has 6 nitrogen and oxygen atoms in total. The molecule has 0 bridgehead atoms. The first kappa shape index (κ1) is 15.1. The Hall–Kier alpha value is -1.82. The molecule has 3 rings (SSSR count). The van der Waals surface area contributed by atoms with Crippen LogP contribution >= 0.6 is 11.6 Å². The Balaban J connectivity index is 1.89. The largest absolute Gasteiger partial charge is 0.355 e. The van der Waals surface area contributed by atoms with Crippen molar-refractivity contribution < 1.29 is 0 Å². The second kappa shape index (κ2) is 6.12. The quantitative estimate of drug-likeness (QED) is 0.868. The molecular formula is C15H20ClN5O. The van der Waals surface area contributed by atoms with E-state index in [0.29, 0.717) is 11.6 Å². The van der Waals surface area contributed by atoms with Crippen molar-refractivity contribution in [3.8, 4) is 0 Å². The second-order valence-electron chi connectivity index (χ2n) is 5.60. The van der Waals surface area contributed by atoms with Gasteiger partial charge in [0, 0.05) is 38.8 Å². The predicted octanol–water partition coefficient (Wildman–Crippen LogP) is 2.03. The van der Waals surface area contributed by atoms with Gasteiger partial charge in [-0.1, -0.05) is 11.6 Å². The van der Waals surface area contributed by atoms with Crippen molar-refractivity contribution in [2.75, 3.05) is 18.0 Å². The molecule has 0 aromatic carbocycles. The lowest BCUT2D eigenvalue weighted by molar-refractivity contribution is 0.468. The van der Waals surface area contributed by atoms with Crippen molar-refractivity contribution in [2.24, 2.45) is 7.05 Å². The summed E-state index contributed by atoms with van der Waals surface area (Å²) in [6.07, 6.45) is 3.82. The molecule has 118 valence electrons. The highest BCUT2D eigenvalue weighted by Crippen LogP contribution is 2.31. The van der Waals surface area contributed by atoms with Gasteiger partial charge in [-0.2, -0.15) is 5.10 Å². The lowest BCUT2D eigenvalue weighted by atomic mass is 9.97. The van der Waals surface area contributed by atoms with Crippen LogP contribution in [0.3, 0.4) is 0 Å². The van der Waals surface area contributed by atoms with Crippen molar-refractivity contribution in [1.29, 1.82) is 0 Å². The van der Waals surface area contributed by atoms with Gasteiger partial charge in [-0.3, -0.25) is 4.57 Å². The first-order valence-corrected chi connectivity index (χ1v) is 7.98. The Morgan fingerprint density at radius 2 is 2.27 bits per heavy atom. The summed E-state index contributed by atoms with van der Waals surface area (Å²) in [5, 5.41) is 5.11. The number of anilines is 1. The number of hydrogen-bond donors (Lipinski definition) is 0. The van der Waals surface area contributed by atoms with E-state index in [0.717, 1.165) is 37.6 Å². The topological polar surface area (TPSA) is 56.0 Å². The molecular weight excluding hydrogens is 302 g/mol. The van der Waals surface area contributed by atoms with Crippen molar-refractivity contribution in [3.63, 3.8) is 0 Å². The maximum atomic E-state index is 12.1. The summed E-state index contributed by atoms with van der Waals surface area (Å²) in [7, 11) is 1.70. The average molecular weight is 322 g/mol. The third-order valence-corrected chi connectivity index (χ3v) is 4.47. The number of hydrogen-bond acceptors (Lipinski definition) is 4. The first-order chi connectivity index (χ1) is 10.6. The van der Waals surface area contributed by atoms with E-state index in [-0.39, 0.29) is 11.6 Å². The summed E-state index contributed by atoms with van der Waals surface area (Å²) in [4.78, 5) is 18.7. The molecule has 2 aromatic heterocycles. The molecule has 1 unspecified atom stereocenters. The zero-order valence-electron chi connectivity index (χ0n) is 12.9. The molecule has 0 radical (unpaired) electrons. The van der Waals surface area contributed by atoms with Gasteiger partial charge < -0.3 is 4.90 Å². The van der Waals surface area contributed by atoms with Crippen LogP contribution in [0, 0.1) is 0 Å². The Morgan fingerprint density at radius 3 is 3.00 bits per heavy atom. The summed E-state index contributed by atoms with van der Waals surface area (Å²) >= 11 is 6.26. The van der Waals surface area contributed by atoms with E-state index in [1.807, 2.05) is 19.1 Å². The fraction of sp³-hybridized carbons (Fsp3) is 0.533. The van der Waals surface area contributed by atoms with Crippen molar-refractivity contribution in [1.82, 2.24) is 19.3 Å². The van der Waals surface area contributed by atoms with E-state index in [2.05, 4.69) is 15.0 Å². The molecule has 7 heteroatoms. The molecule has 3 heterocycles. The fourth-order valence-electron chi connectivity index (χ4n) is 3.11. The minimum Gasteiger partial charge on any atom is -0.355 e. The van der Waals surface area contributed by atoms with E-state index in [9.17, 15) is 4.79 Å². The van der Waals surface area contributed by atoms with Crippen molar-refractivity contribution in [3.05, 3.63) is 39.7 Å². The normalized spacial score (nSPS) is 18.7. The van der Waals surface area contributed by atoms with Crippen LogP contribution in [0.2, 0.25) is 5.02 Å². The van der Waals surface area contributed by atoms with Crippen LogP contribution in [0.15, 0.2) is 23.1 Å². The van der Waals surface area contributed by atoms with E-state index >= 15 is 0 Å². The van der Waals surface area contributed by atoms with Crippen molar-refractivity contribution in [2.45, 2.75) is 32.2 Å². The maximum absolute atomic E-state index is 12.1. The van der Waals surface area contributed by atoms with Gasteiger partial charge in [0.25, 0.3) is 0 Å². The highest BCUT2D eigenvalue weighted by atomic mass is 35.5. The molecule has 0 amide bonds. The summed E-state index contributed by atoms with van der Waals surface area (Å²) in [6, 6.07) is 3.69. The lowest BCUT2D eigenvalue weighted by Crippen LogP contribution is -2.36. The molecule has 1 aliphatic rings. The molecule has 1 fully saturated rings. The highest BCUT2D eigenvalue weighted by Gasteiger charge is 2.28. The van der Waals surface area contributed by atoms with Gasteiger partial charge in [0.15, 0.2) is 0 Å². The van der Waals surface area contributed by atoms with E-state index < -0.39 is 0 Å². The number of aromatic nitrogens is 4. The molecule has 1 atom stereocenters. The Labute approximate surface area is 134 Å². The number of nitrogens with zero attached hydrogens (tertiary/aromatic N) is 5. The van der Waals surface area contributed by atoms with Crippen LogP contribution in [0.5, 0.6) is 0 Å². The molecule has 0 spiro atoms. The van der Waals surface area contributed by atoms with Crippen LogP contribution in [-0.2, 0) is 13.6 Å². The SMILES string of the molecule is CCn1c(C2CCCN(c3ncccc3Cl)C2)nn(C)c1=O. The smallest absolute Gasteiger partial charge is 0.345 e. The van der Waals surface area contributed by atoms with Crippen LogP contribution in [0.1, 0.15) is 31.5 Å². The van der Waals surface area contributed by atoms with E-state index in [1.165, 1.54) is 4.68 Å². The fourth-order valence-corrected chi connectivity index (χ4v) is 3.35. The molecule has 22 heavy (non-hydrogen) atoms. The third-order valence-electron chi connectivity index (χ3n) is 4.18. The van der Waals surface area contributed by atoms with Crippen molar-refractivity contribution >= 4 is 17.4 Å². The molecule has 0 saturated carbocycles. The van der Waals surface area contributed by atoms with Gasteiger partial charge in [0.05, 0.1) is 5.02 Å². The zero-order chi connectivity index (χ0) is 15.7. The summed E-state index contributed by atoms with van der Waals surface area (Å²) < 4.78 is 3.18. The van der Waals surface area contributed by atoms with Crippen LogP contribution in [0.4, 0.5) is 5.82 Å². The number of halogens is 1. The summed E-state index contributed by atoms with van der Waals surface area (Å²) in [5.74, 6) is 1.91. The summed E-state index contributed by atoms with van der Waals surface area (Å²) in [6.45, 7) is 4.33. The van der Waals surface area contributed by atoms with Gasteiger partial charge >= 0.3 is 5.69 Å². The number of rotatable bonds is 3. The Kier molecular flexibility index (Phi) is 4.20. The molecule has 1 aliphatic heterocycles. The Bertz CT molecular complexity index is 723.